The Balaban J connectivity index is 2.64. The van der Waals surface area contributed by atoms with Gasteiger partial charge >= 0.3 is 0 Å². The molecule has 2 N–H and O–H groups in total. The molecule has 0 heterocycles. The van der Waals surface area contributed by atoms with Crippen molar-refractivity contribution in [2.45, 2.75) is 13.0 Å². The summed E-state index contributed by atoms with van der Waals surface area (Å²) in [5.74, 6) is -0.0103. The summed E-state index contributed by atoms with van der Waals surface area (Å²) in [6, 6.07) is 7.71. The molecule has 1 aromatic carbocycles. The van der Waals surface area contributed by atoms with Crippen molar-refractivity contribution >= 4 is 34.2 Å². The quantitative estimate of drug-likeness (QED) is 0.837. The maximum Gasteiger partial charge on any atom is 0.241 e. The molecule has 4 heteroatoms. The molecule has 76 valence electrons. The highest BCUT2D eigenvalue weighted by Gasteiger charge is 2.09. The maximum atomic E-state index is 11.2. The average Bonchev–Trinajstić information content (AvgIpc) is 2.16. The Morgan fingerprint density at radius 3 is 2.79 bits per heavy atom. The van der Waals surface area contributed by atoms with Crippen LogP contribution in [-0.2, 0) is 4.79 Å². The van der Waals surface area contributed by atoms with Gasteiger partial charge in [0.05, 0.1) is 0 Å². The lowest BCUT2D eigenvalue weighted by Gasteiger charge is -2.13. The highest BCUT2D eigenvalue weighted by Crippen LogP contribution is 2.13. The minimum absolute atomic E-state index is 0.0103. The highest BCUT2D eigenvalue weighted by atomic mass is 127. The molecular weight excluding hydrogens is 291 g/mol. The zero-order valence-electron chi connectivity index (χ0n) is 8.17. The first-order chi connectivity index (χ1) is 6.63. The molecule has 0 aliphatic carbocycles. The highest BCUT2D eigenvalue weighted by molar-refractivity contribution is 14.1. The van der Waals surface area contributed by atoms with E-state index in [1.165, 1.54) is 0 Å². The number of hydrogen-bond donors (Lipinski definition) is 2. The second-order valence-corrected chi connectivity index (χ2v) is 4.24. The predicted octanol–water partition coefficient (Wildman–Crippen LogP) is 1.84. The number of amides is 1. The van der Waals surface area contributed by atoms with Crippen molar-refractivity contribution in [2.75, 3.05) is 12.4 Å². The van der Waals surface area contributed by atoms with Crippen LogP contribution in [0.15, 0.2) is 24.3 Å². The molecule has 0 saturated carbocycles. The minimum Gasteiger partial charge on any atom is -0.374 e. The molecule has 0 fully saturated rings. The molecule has 0 saturated heterocycles. The third kappa shape index (κ3) is 3.17. The second-order valence-electron chi connectivity index (χ2n) is 2.99. The van der Waals surface area contributed by atoms with Crippen molar-refractivity contribution in [1.82, 2.24) is 5.32 Å². The average molecular weight is 304 g/mol. The first-order valence-electron chi connectivity index (χ1n) is 4.37. The normalized spacial score (nSPS) is 11.9. The predicted molar refractivity (Wildman–Crippen MR) is 66.3 cm³/mol. The molecule has 0 bridgehead atoms. The van der Waals surface area contributed by atoms with Crippen molar-refractivity contribution < 1.29 is 4.79 Å². The van der Waals surface area contributed by atoms with E-state index in [1.807, 2.05) is 31.2 Å². The number of likely N-dealkylation sites (N-methyl/N-ethyl adjacent to an activating group) is 1. The number of rotatable bonds is 3. The zero-order valence-corrected chi connectivity index (χ0v) is 10.3. The smallest absolute Gasteiger partial charge is 0.241 e. The van der Waals surface area contributed by atoms with Gasteiger partial charge in [0, 0.05) is 16.3 Å². The van der Waals surface area contributed by atoms with Gasteiger partial charge in [-0.05, 0) is 47.7 Å². The summed E-state index contributed by atoms with van der Waals surface area (Å²) < 4.78 is 1.15. The largest absolute Gasteiger partial charge is 0.374 e. The van der Waals surface area contributed by atoms with Crippen LogP contribution in [-0.4, -0.2) is 19.0 Å². The summed E-state index contributed by atoms with van der Waals surface area (Å²) in [6.07, 6.45) is 0. The molecular formula is C10H13IN2O. The fourth-order valence-corrected chi connectivity index (χ4v) is 1.65. The lowest BCUT2D eigenvalue weighted by molar-refractivity contribution is -0.121. The lowest BCUT2D eigenvalue weighted by atomic mass is 10.2. The van der Waals surface area contributed by atoms with E-state index < -0.39 is 0 Å². The van der Waals surface area contributed by atoms with E-state index in [-0.39, 0.29) is 11.9 Å². The summed E-state index contributed by atoms with van der Waals surface area (Å²) in [4.78, 5) is 11.2. The molecule has 0 aliphatic heterocycles. The number of carbonyl (C=O) groups is 1. The van der Waals surface area contributed by atoms with Crippen molar-refractivity contribution in [3.05, 3.63) is 27.8 Å². The fourth-order valence-electron chi connectivity index (χ4n) is 1.11. The first-order valence-corrected chi connectivity index (χ1v) is 5.45. The molecule has 0 radical (unpaired) electrons. The van der Waals surface area contributed by atoms with Gasteiger partial charge in [-0.1, -0.05) is 6.07 Å². The van der Waals surface area contributed by atoms with Gasteiger partial charge in [0.2, 0.25) is 5.91 Å². The van der Waals surface area contributed by atoms with E-state index in [2.05, 4.69) is 33.2 Å². The minimum atomic E-state index is -0.210. The molecule has 1 rings (SSSR count). The van der Waals surface area contributed by atoms with Gasteiger partial charge in [0.1, 0.15) is 6.04 Å². The van der Waals surface area contributed by atoms with E-state index in [0.717, 1.165) is 9.26 Å². The van der Waals surface area contributed by atoms with Crippen LogP contribution in [0.4, 0.5) is 5.69 Å². The summed E-state index contributed by atoms with van der Waals surface area (Å²) >= 11 is 2.24. The maximum absolute atomic E-state index is 11.2. The van der Waals surface area contributed by atoms with Gasteiger partial charge < -0.3 is 10.6 Å². The van der Waals surface area contributed by atoms with Crippen molar-refractivity contribution in [1.29, 1.82) is 0 Å². The monoisotopic (exact) mass is 304 g/mol. The SMILES string of the molecule is CNC(=O)C(C)Nc1cccc(I)c1. The van der Waals surface area contributed by atoms with Crippen LogP contribution in [0.25, 0.3) is 0 Å². The number of hydrogen-bond acceptors (Lipinski definition) is 2. The van der Waals surface area contributed by atoms with Crippen LogP contribution in [0.2, 0.25) is 0 Å². The third-order valence-corrected chi connectivity index (χ3v) is 2.52. The number of benzene rings is 1. The number of anilines is 1. The number of nitrogens with one attached hydrogen (secondary N) is 2. The Hall–Kier alpha value is -0.780. The van der Waals surface area contributed by atoms with Gasteiger partial charge in [0.25, 0.3) is 0 Å². The van der Waals surface area contributed by atoms with Crippen LogP contribution in [0.3, 0.4) is 0 Å². The van der Waals surface area contributed by atoms with Crippen LogP contribution < -0.4 is 10.6 Å². The molecule has 3 nitrogen and oxygen atoms in total. The Bertz CT molecular complexity index is 328. The van der Waals surface area contributed by atoms with Crippen LogP contribution in [0.5, 0.6) is 0 Å². The summed E-state index contributed by atoms with van der Waals surface area (Å²) in [5.41, 5.74) is 0.966. The lowest BCUT2D eigenvalue weighted by Crippen LogP contribution is -2.35. The van der Waals surface area contributed by atoms with Gasteiger partial charge in [-0.25, -0.2) is 0 Å². The molecule has 1 unspecified atom stereocenters. The van der Waals surface area contributed by atoms with Crippen LogP contribution in [0.1, 0.15) is 6.92 Å². The third-order valence-electron chi connectivity index (χ3n) is 1.85. The van der Waals surface area contributed by atoms with E-state index in [4.69, 9.17) is 0 Å². The molecule has 1 atom stereocenters. The summed E-state index contributed by atoms with van der Waals surface area (Å²) in [5, 5.41) is 5.71. The first kappa shape index (κ1) is 11.3. The molecule has 1 amide bonds. The Kier molecular flexibility index (Phi) is 4.19. The van der Waals surface area contributed by atoms with Crippen LogP contribution in [0, 0.1) is 3.57 Å². The molecule has 0 aliphatic rings. The van der Waals surface area contributed by atoms with Crippen LogP contribution >= 0.6 is 22.6 Å². The molecule has 14 heavy (non-hydrogen) atoms. The van der Waals surface area contributed by atoms with E-state index >= 15 is 0 Å². The zero-order chi connectivity index (χ0) is 10.6. The van der Waals surface area contributed by atoms with Crippen molar-refractivity contribution in [3.63, 3.8) is 0 Å². The van der Waals surface area contributed by atoms with Gasteiger partial charge in [-0.2, -0.15) is 0 Å². The topological polar surface area (TPSA) is 41.1 Å². The Morgan fingerprint density at radius 2 is 2.21 bits per heavy atom. The van der Waals surface area contributed by atoms with Gasteiger partial charge in [-0.3, -0.25) is 4.79 Å². The van der Waals surface area contributed by atoms with E-state index in [0.29, 0.717) is 0 Å². The van der Waals surface area contributed by atoms with Gasteiger partial charge in [0.15, 0.2) is 0 Å². The summed E-state index contributed by atoms with van der Waals surface area (Å²) in [6.45, 7) is 1.83. The molecule has 1 aromatic rings. The summed E-state index contributed by atoms with van der Waals surface area (Å²) in [7, 11) is 1.63. The fraction of sp³-hybridized carbons (Fsp3) is 0.300. The number of halogens is 1. The molecule has 0 aromatic heterocycles. The van der Waals surface area contributed by atoms with E-state index in [9.17, 15) is 4.79 Å². The number of carbonyl (C=O) groups excluding carboxylic acids is 1. The van der Waals surface area contributed by atoms with Gasteiger partial charge in [-0.15, -0.1) is 0 Å². The molecule has 0 spiro atoms. The Labute approximate surface area is 97.4 Å². The second kappa shape index (κ2) is 5.19. The Morgan fingerprint density at radius 1 is 1.50 bits per heavy atom. The van der Waals surface area contributed by atoms with E-state index in [1.54, 1.807) is 7.05 Å². The standard InChI is InChI=1S/C10H13IN2O/c1-7(10(14)12-2)13-9-5-3-4-8(11)6-9/h3-7,13H,1-2H3,(H,12,14). The van der Waals surface area contributed by atoms with Crippen molar-refractivity contribution in [2.24, 2.45) is 0 Å². The van der Waals surface area contributed by atoms with Crippen molar-refractivity contribution in [3.8, 4) is 0 Å².